The highest BCUT2D eigenvalue weighted by atomic mass is 16.5. The number of hydrogen-bond acceptors (Lipinski definition) is 4. The zero-order valence-corrected chi connectivity index (χ0v) is 12.7. The minimum absolute atomic E-state index is 0.247. The Morgan fingerprint density at radius 1 is 1.05 bits per heavy atom. The van der Waals surface area contributed by atoms with Crippen molar-refractivity contribution in [3.8, 4) is 5.75 Å². The average Bonchev–Trinajstić information content (AvgIpc) is 2.55. The van der Waals surface area contributed by atoms with Gasteiger partial charge in [-0.15, -0.1) is 0 Å². The van der Waals surface area contributed by atoms with Gasteiger partial charge < -0.3 is 15.2 Å². The van der Waals surface area contributed by atoms with Gasteiger partial charge in [0.05, 0.1) is 6.61 Å². The summed E-state index contributed by atoms with van der Waals surface area (Å²) in [6.07, 6.45) is 0.444. The fourth-order valence-corrected chi connectivity index (χ4v) is 2.06. The van der Waals surface area contributed by atoms with Crippen molar-refractivity contribution < 1.29 is 14.3 Å². The third kappa shape index (κ3) is 4.90. The molecule has 1 atom stereocenters. The topological polar surface area (TPSA) is 61.5 Å². The van der Waals surface area contributed by atoms with Crippen molar-refractivity contribution in [2.24, 2.45) is 5.73 Å². The highest BCUT2D eigenvalue weighted by Gasteiger charge is 2.15. The molecule has 2 aromatic rings. The SMILES string of the molecule is CCOc1ccc(C[C@H](N)C(=O)OCc2ccccc2)cc1. The summed E-state index contributed by atoms with van der Waals surface area (Å²) in [5.41, 5.74) is 7.83. The van der Waals surface area contributed by atoms with E-state index in [2.05, 4.69) is 0 Å². The maximum Gasteiger partial charge on any atom is 0.323 e. The van der Waals surface area contributed by atoms with Crippen LogP contribution in [0, 0.1) is 0 Å². The van der Waals surface area contributed by atoms with Crippen LogP contribution in [0.3, 0.4) is 0 Å². The number of carbonyl (C=O) groups is 1. The summed E-state index contributed by atoms with van der Waals surface area (Å²) in [6.45, 7) is 2.81. The third-order valence-electron chi connectivity index (χ3n) is 3.22. The van der Waals surface area contributed by atoms with E-state index >= 15 is 0 Å². The first-order valence-electron chi connectivity index (χ1n) is 7.37. The van der Waals surface area contributed by atoms with Gasteiger partial charge in [-0.25, -0.2) is 0 Å². The van der Waals surface area contributed by atoms with Crippen LogP contribution in [0.25, 0.3) is 0 Å². The van der Waals surface area contributed by atoms with Crippen molar-refractivity contribution in [2.75, 3.05) is 6.61 Å². The largest absolute Gasteiger partial charge is 0.494 e. The van der Waals surface area contributed by atoms with Crippen molar-refractivity contribution >= 4 is 5.97 Å². The summed E-state index contributed by atoms with van der Waals surface area (Å²) >= 11 is 0. The van der Waals surface area contributed by atoms with E-state index < -0.39 is 12.0 Å². The van der Waals surface area contributed by atoms with Crippen molar-refractivity contribution in [3.05, 3.63) is 65.7 Å². The molecule has 0 saturated heterocycles. The van der Waals surface area contributed by atoms with Crippen LogP contribution in [-0.4, -0.2) is 18.6 Å². The lowest BCUT2D eigenvalue weighted by Crippen LogP contribution is -2.34. The van der Waals surface area contributed by atoms with Gasteiger partial charge in [-0.1, -0.05) is 42.5 Å². The molecule has 2 N–H and O–H groups in total. The van der Waals surface area contributed by atoms with Gasteiger partial charge in [0.1, 0.15) is 18.4 Å². The van der Waals surface area contributed by atoms with Gasteiger partial charge >= 0.3 is 5.97 Å². The highest BCUT2D eigenvalue weighted by Crippen LogP contribution is 2.13. The van der Waals surface area contributed by atoms with E-state index in [1.807, 2.05) is 61.5 Å². The number of carbonyl (C=O) groups excluding carboxylic acids is 1. The Morgan fingerprint density at radius 3 is 2.36 bits per heavy atom. The normalized spacial score (nSPS) is 11.7. The van der Waals surface area contributed by atoms with E-state index in [4.69, 9.17) is 15.2 Å². The summed E-state index contributed by atoms with van der Waals surface area (Å²) in [5, 5.41) is 0. The molecule has 0 aliphatic carbocycles. The van der Waals surface area contributed by atoms with E-state index in [1.54, 1.807) is 0 Å². The highest BCUT2D eigenvalue weighted by molar-refractivity contribution is 5.75. The number of esters is 1. The molecule has 0 saturated carbocycles. The predicted molar refractivity (Wildman–Crippen MR) is 85.5 cm³/mol. The van der Waals surface area contributed by atoms with Crippen LogP contribution in [0.1, 0.15) is 18.1 Å². The second-order valence-electron chi connectivity index (χ2n) is 4.98. The maximum atomic E-state index is 11.9. The first-order valence-corrected chi connectivity index (χ1v) is 7.37. The molecule has 0 heterocycles. The number of ether oxygens (including phenoxy) is 2. The van der Waals surface area contributed by atoms with Gasteiger partial charge in [-0.2, -0.15) is 0 Å². The summed E-state index contributed by atoms with van der Waals surface area (Å²) in [7, 11) is 0. The van der Waals surface area contributed by atoms with E-state index in [0.717, 1.165) is 16.9 Å². The van der Waals surface area contributed by atoms with Gasteiger partial charge in [0, 0.05) is 0 Å². The van der Waals surface area contributed by atoms with Crippen LogP contribution in [-0.2, 0) is 22.6 Å². The lowest BCUT2D eigenvalue weighted by atomic mass is 10.1. The van der Waals surface area contributed by atoms with Gasteiger partial charge in [0.25, 0.3) is 0 Å². The average molecular weight is 299 g/mol. The van der Waals surface area contributed by atoms with Crippen molar-refractivity contribution in [2.45, 2.75) is 26.0 Å². The second kappa shape index (κ2) is 8.20. The summed E-state index contributed by atoms with van der Waals surface area (Å²) in [6, 6.07) is 16.5. The molecule has 4 heteroatoms. The number of benzene rings is 2. The Bertz CT molecular complexity index is 581. The Balaban J connectivity index is 1.83. The zero-order chi connectivity index (χ0) is 15.8. The molecule has 0 radical (unpaired) electrons. The van der Waals surface area contributed by atoms with Crippen molar-refractivity contribution in [1.82, 2.24) is 0 Å². The van der Waals surface area contributed by atoms with Crippen LogP contribution < -0.4 is 10.5 Å². The van der Waals surface area contributed by atoms with E-state index in [1.165, 1.54) is 0 Å². The molecule has 0 fully saturated rings. The zero-order valence-electron chi connectivity index (χ0n) is 12.7. The lowest BCUT2D eigenvalue weighted by molar-refractivity contribution is -0.146. The minimum atomic E-state index is -0.665. The molecular formula is C18H21NO3. The molecule has 0 aliphatic rings. The fourth-order valence-electron chi connectivity index (χ4n) is 2.06. The second-order valence-corrected chi connectivity index (χ2v) is 4.98. The molecule has 0 bridgehead atoms. The third-order valence-corrected chi connectivity index (χ3v) is 3.22. The predicted octanol–water partition coefficient (Wildman–Crippen LogP) is 2.70. The molecule has 2 rings (SSSR count). The standard InChI is InChI=1S/C18H21NO3/c1-2-21-16-10-8-14(9-11-16)12-17(19)18(20)22-13-15-6-4-3-5-7-15/h3-11,17H,2,12-13,19H2,1H3/t17-/m0/s1. The molecule has 0 amide bonds. The monoisotopic (exact) mass is 299 g/mol. The number of rotatable bonds is 7. The minimum Gasteiger partial charge on any atom is -0.494 e. The number of hydrogen-bond donors (Lipinski definition) is 1. The molecule has 0 aromatic heterocycles. The smallest absolute Gasteiger partial charge is 0.323 e. The van der Waals surface area contributed by atoms with E-state index in [-0.39, 0.29) is 6.61 Å². The Hall–Kier alpha value is -2.33. The molecule has 116 valence electrons. The van der Waals surface area contributed by atoms with Gasteiger partial charge in [-0.05, 0) is 36.6 Å². The Kier molecular flexibility index (Phi) is 5.98. The quantitative estimate of drug-likeness (QED) is 0.799. The first kappa shape index (κ1) is 16.0. The molecule has 2 aromatic carbocycles. The fraction of sp³-hybridized carbons (Fsp3) is 0.278. The van der Waals surface area contributed by atoms with Crippen molar-refractivity contribution in [1.29, 1.82) is 0 Å². The molecule has 22 heavy (non-hydrogen) atoms. The summed E-state index contributed by atoms with van der Waals surface area (Å²) in [4.78, 5) is 11.9. The Labute approximate surface area is 130 Å². The van der Waals surface area contributed by atoms with Crippen LogP contribution in [0.2, 0.25) is 0 Å². The molecule has 0 unspecified atom stereocenters. The lowest BCUT2D eigenvalue weighted by Gasteiger charge is -2.12. The number of nitrogens with two attached hydrogens (primary N) is 1. The van der Waals surface area contributed by atoms with E-state index in [0.29, 0.717) is 13.0 Å². The van der Waals surface area contributed by atoms with Gasteiger partial charge in [0.2, 0.25) is 0 Å². The van der Waals surface area contributed by atoms with Crippen LogP contribution >= 0.6 is 0 Å². The molecule has 4 nitrogen and oxygen atoms in total. The van der Waals surface area contributed by atoms with E-state index in [9.17, 15) is 4.79 Å². The molecular weight excluding hydrogens is 278 g/mol. The van der Waals surface area contributed by atoms with Gasteiger partial charge in [0.15, 0.2) is 0 Å². The van der Waals surface area contributed by atoms with Crippen LogP contribution in [0.5, 0.6) is 5.75 Å². The molecule has 0 aliphatic heterocycles. The summed E-state index contributed by atoms with van der Waals surface area (Å²) < 4.78 is 10.6. The Morgan fingerprint density at radius 2 is 1.73 bits per heavy atom. The van der Waals surface area contributed by atoms with Gasteiger partial charge in [-0.3, -0.25) is 4.79 Å². The first-order chi connectivity index (χ1) is 10.7. The summed E-state index contributed by atoms with van der Waals surface area (Å²) in [5.74, 6) is 0.421. The maximum absolute atomic E-state index is 11.9. The van der Waals surface area contributed by atoms with Crippen LogP contribution in [0.4, 0.5) is 0 Å². The van der Waals surface area contributed by atoms with Crippen LogP contribution in [0.15, 0.2) is 54.6 Å². The molecule has 0 spiro atoms. The van der Waals surface area contributed by atoms with Crippen molar-refractivity contribution in [3.63, 3.8) is 0 Å².